The first kappa shape index (κ1) is 11.3. The molecule has 2 unspecified atom stereocenters. The molecule has 1 aromatic rings. The number of hydrogen-bond acceptors (Lipinski definition) is 4. The molecular weight excluding hydrogens is 238 g/mol. The Kier molecular flexibility index (Phi) is 2.37. The van der Waals surface area contributed by atoms with Crippen LogP contribution < -0.4 is 21.2 Å². The molecule has 0 saturated carbocycles. The van der Waals surface area contributed by atoms with Crippen LogP contribution in [0.1, 0.15) is 12.0 Å². The van der Waals surface area contributed by atoms with E-state index in [1.807, 2.05) is 6.07 Å². The molecule has 2 atom stereocenters. The summed E-state index contributed by atoms with van der Waals surface area (Å²) in [4.78, 5) is 15.8. The van der Waals surface area contributed by atoms with Gasteiger partial charge >= 0.3 is 0 Å². The SMILES string of the molecule is O=C1C=c2ccc(C34CNCC3CCN4)cc2=NC1. The smallest absolute Gasteiger partial charge is 0.177 e. The first-order valence-electron chi connectivity index (χ1n) is 6.93. The molecule has 3 aliphatic rings. The maximum absolute atomic E-state index is 11.4. The Labute approximate surface area is 111 Å². The largest absolute Gasteiger partial charge is 0.314 e. The fraction of sp³-hybridized carbons (Fsp3) is 0.467. The van der Waals surface area contributed by atoms with Crippen molar-refractivity contribution < 1.29 is 4.79 Å². The van der Waals surface area contributed by atoms with Crippen LogP contribution in [0.3, 0.4) is 0 Å². The van der Waals surface area contributed by atoms with Crippen LogP contribution in [0.25, 0.3) is 6.08 Å². The minimum Gasteiger partial charge on any atom is -0.314 e. The second-order valence-corrected chi connectivity index (χ2v) is 5.72. The number of rotatable bonds is 1. The van der Waals surface area contributed by atoms with Gasteiger partial charge in [-0.05, 0) is 36.6 Å². The van der Waals surface area contributed by atoms with Gasteiger partial charge < -0.3 is 10.6 Å². The van der Waals surface area contributed by atoms with Crippen LogP contribution in [0, 0.1) is 5.92 Å². The zero-order chi connectivity index (χ0) is 12.9. The number of hydrogen-bond donors (Lipinski definition) is 2. The average Bonchev–Trinajstić information content (AvgIpc) is 2.98. The predicted molar refractivity (Wildman–Crippen MR) is 72.2 cm³/mol. The van der Waals surface area contributed by atoms with Gasteiger partial charge in [-0.3, -0.25) is 9.79 Å². The molecule has 4 nitrogen and oxygen atoms in total. The van der Waals surface area contributed by atoms with Gasteiger partial charge in [-0.2, -0.15) is 0 Å². The summed E-state index contributed by atoms with van der Waals surface area (Å²) in [7, 11) is 0. The van der Waals surface area contributed by atoms with Crippen molar-refractivity contribution in [1.29, 1.82) is 0 Å². The summed E-state index contributed by atoms with van der Waals surface area (Å²) in [6, 6.07) is 6.35. The number of carbonyl (C=O) groups is 1. The molecule has 0 spiro atoms. The van der Waals surface area contributed by atoms with E-state index in [1.54, 1.807) is 6.08 Å². The Bertz CT molecular complexity index is 654. The highest BCUT2D eigenvalue weighted by atomic mass is 16.1. The summed E-state index contributed by atoms with van der Waals surface area (Å²) in [5.41, 5.74) is 1.39. The summed E-state index contributed by atoms with van der Waals surface area (Å²) in [5.74, 6) is 0.762. The van der Waals surface area contributed by atoms with E-state index in [2.05, 4.69) is 27.8 Å². The first-order valence-corrected chi connectivity index (χ1v) is 6.93. The summed E-state index contributed by atoms with van der Waals surface area (Å²) >= 11 is 0. The van der Waals surface area contributed by atoms with Gasteiger partial charge in [0, 0.05) is 18.3 Å². The van der Waals surface area contributed by atoms with Gasteiger partial charge in [-0.25, -0.2) is 0 Å². The molecule has 0 aromatic heterocycles. The Morgan fingerprint density at radius 3 is 3.26 bits per heavy atom. The van der Waals surface area contributed by atoms with E-state index >= 15 is 0 Å². The second kappa shape index (κ2) is 3.99. The number of ketones is 1. The molecule has 0 amide bonds. The molecule has 3 heterocycles. The molecule has 2 fully saturated rings. The van der Waals surface area contributed by atoms with Crippen molar-refractivity contribution in [3.63, 3.8) is 0 Å². The minimum atomic E-state index is 0.0754. The van der Waals surface area contributed by atoms with Crippen LogP contribution in [0.4, 0.5) is 0 Å². The highest BCUT2D eigenvalue weighted by Crippen LogP contribution is 2.38. The van der Waals surface area contributed by atoms with Gasteiger partial charge in [0.1, 0.15) is 6.54 Å². The molecular formula is C15H17N3O. The zero-order valence-corrected chi connectivity index (χ0v) is 10.8. The minimum absolute atomic E-state index is 0.0754. The highest BCUT2D eigenvalue weighted by Gasteiger charge is 2.47. The molecule has 4 heteroatoms. The van der Waals surface area contributed by atoms with E-state index in [0.29, 0.717) is 12.5 Å². The lowest BCUT2D eigenvalue weighted by molar-refractivity contribution is -0.112. The third-order valence-corrected chi connectivity index (χ3v) is 4.69. The van der Waals surface area contributed by atoms with Crippen molar-refractivity contribution in [3.05, 3.63) is 34.3 Å². The third-order valence-electron chi connectivity index (χ3n) is 4.69. The molecule has 2 N–H and O–H groups in total. The zero-order valence-electron chi connectivity index (χ0n) is 10.8. The van der Waals surface area contributed by atoms with E-state index < -0.39 is 0 Å². The quantitative estimate of drug-likeness (QED) is 0.682. The maximum Gasteiger partial charge on any atom is 0.177 e. The highest BCUT2D eigenvalue weighted by molar-refractivity contribution is 6.07. The lowest BCUT2D eigenvalue weighted by Crippen LogP contribution is -2.44. The summed E-state index contributed by atoms with van der Waals surface area (Å²) in [6.07, 6.45) is 2.93. The molecule has 98 valence electrons. The summed E-state index contributed by atoms with van der Waals surface area (Å²) < 4.78 is 0. The third kappa shape index (κ3) is 1.60. The topological polar surface area (TPSA) is 53.5 Å². The van der Waals surface area contributed by atoms with Crippen molar-refractivity contribution in [1.82, 2.24) is 10.6 Å². The Hall–Kier alpha value is -1.52. The number of Topliss-reactive ketones (excluding diaryl/α,β-unsaturated/α-hetero) is 1. The molecule has 0 bridgehead atoms. The van der Waals surface area contributed by atoms with Crippen molar-refractivity contribution in [2.75, 3.05) is 26.2 Å². The molecule has 3 aliphatic heterocycles. The predicted octanol–water partition coefficient (Wildman–Crippen LogP) is -0.923. The van der Waals surface area contributed by atoms with Crippen molar-refractivity contribution in [3.8, 4) is 0 Å². The van der Waals surface area contributed by atoms with Gasteiger partial charge in [-0.15, -0.1) is 0 Å². The van der Waals surface area contributed by atoms with Gasteiger partial charge in [0.05, 0.1) is 10.9 Å². The van der Waals surface area contributed by atoms with E-state index in [4.69, 9.17) is 0 Å². The van der Waals surface area contributed by atoms with Gasteiger partial charge in [0.2, 0.25) is 0 Å². The van der Waals surface area contributed by atoms with Crippen molar-refractivity contribution in [2.45, 2.75) is 12.0 Å². The monoisotopic (exact) mass is 255 g/mol. The lowest BCUT2D eigenvalue weighted by Gasteiger charge is -2.29. The maximum atomic E-state index is 11.4. The Balaban J connectivity index is 1.86. The van der Waals surface area contributed by atoms with Crippen LogP contribution in [0.2, 0.25) is 0 Å². The summed E-state index contributed by atoms with van der Waals surface area (Å²) in [6.45, 7) is 3.45. The first-order chi connectivity index (χ1) is 9.28. The Morgan fingerprint density at radius 1 is 1.37 bits per heavy atom. The molecule has 2 saturated heterocycles. The van der Waals surface area contributed by atoms with Crippen LogP contribution in [-0.2, 0) is 10.3 Å². The second-order valence-electron chi connectivity index (χ2n) is 5.72. The normalized spacial score (nSPS) is 32.4. The van der Waals surface area contributed by atoms with Crippen molar-refractivity contribution >= 4 is 11.9 Å². The van der Waals surface area contributed by atoms with Crippen LogP contribution >= 0.6 is 0 Å². The van der Waals surface area contributed by atoms with Crippen LogP contribution in [0.15, 0.2) is 23.2 Å². The number of fused-ring (bicyclic) bond motifs is 2. The van der Waals surface area contributed by atoms with Crippen LogP contribution in [0.5, 0.6) is 0 Å². The average molecular weight is 255 g/mol. The van der Waals surface area contributed by atoms with Crippen LogP contribution in [-0.4, -0.2) is 32.0 Å². The fourth-order valence-corrected chi connectivity index (χ4v) is 3.69. The van der Waals surface area contributed by atoms with E-state index in [1.165, 1.54) is 12.0 Å². The standard InChI is InChI=1S/C15H17N3O/c19-13-5-10-1-2-11(6-14(10)17-8-13)15-9-16-7-12(15)3-4-18-15/h1-2,5-6,12,16,18H,3-4,7-9H2. The molecule has 0 aliphatic carbocycles. The molecule has 0 radical (unpaired) electrons. The van der Waals surface area contributed by atoms with E-state index in [9.17, 15) is 4.79 Å². The fourth-order valence-electron chi connectivity index (χ4n) is 3.69. The van der Waals surface area contributed by atoms with Gasteiger partial charge in [-0.1, -0.05) is 12.1 Å². The van der Waals surface area contributed by atoms with Gasteiger partial charge in [0.15, 0.2) is 5.78 Å². The Morgan fingerprint density at radius 2 is 2.32 bits per heavy atom. The molecule has 19 heavy (non-hydrogen) atoms. The lowest BCUT2D eigenvalue weighted by atomic mass is 9.82. The molecule has 1 aromatic carbocycles. The van der Waals surface area contributed by atoms with E-state index in [-0.39, 0.29) is 11.3 Å². The van der Waals surface area contributed by atoms with Crippen molar-refractivity contribution in [2.24, 2.45) is 10.9 Å². The van der Waals surface area contributed by atoms with E-state index in [0.717, 1.165) is 30.2 Å². The summed E-state index contributed by atoms with van der Waals surface area (Å²) in [5, 5.41) is 9.10. The number of nitrogens with one attached hydrogen (secondary N) is 2. The molecule has 4 rings (SSSR count). The number of benzene rings is 1. The van der Waals surface area contributed by atoms with Gasteiger partial charge in [0.25, 0.3) is 0 Å². The number of nitrogens with zero attached hydrogens (tertiary/aromatic N) is 1. The number of carbonyl (C=O) groups excluding carboxylic acids is 1.